The number of halogens is 12. The number of fused-ring (bicyclic) bond motifs is 3. The molecular weight excluding hydrogens is 499 g/mol. The van der Waals surface area contributed by atoms with Crippen LogP contribution in [0.15, 0.2) is 12.1 Å². The zero-order chi connectivity index (χ0) is 25.4. The first-order valence-electron chi connectivity index (χ1n) is 8.67. The van der Waals surface area contributed by atoms with Crippen molar-refractivity contribution in [3.05, 3.63) is 81.4 Å². The molecule has 2 nitrogen and oxygen atoms in total. The normalized spacial score (nSPS) is 13.7. The third kappa shape index (κ3) is 2.98. The van der Waals surface area contributed by atoms with Gasteiger partial charge < -0.3 is 9.68 Å². The number of rotatable bonds is 3. The Kier molecular flexibility index (Phi) is 5.30. The molecule has 0 bridgehead atoms. The van der Waals surface area contributed by atoms with Crippen molar-refractivity contribution < 1.29 is 62.4 Å². The molecule has 0 radical (unpaired) electrons. The van der Waals surface area contributed by atoms with Crippen molar-refractivity contribution >= 4 is 12.6 Å². The van der Waals surface area contributed by atoms with Crippen LogP contribution in [0, 0.1) is 58.2 Å². The molecule has 0 aromatic heterocycles. The molecule has 4 rings (SSSR count). The Morgan fingerprint density at radius 1 is 0.588 bits per heavy atom. The predicted molar refractivity (Wildman–Crippen MR) is 89.1 cm³/mol. The van der Waals surface area contributed by atoms with E-state index < -0.39 is 105 Å². The Balaban J connectivity index is 2.04. The number of alkyl halides is 2. The largest absolute Gasteiger partial charge is 0.566 e. The van der Waals surface area contributed by atoms with Gasteiger partial charge in [0.1, 0.15) is 5.82 Å². The first-order valence-corrected chi connectivity index (χ1v) is 8.67. The number of hydrogen-bond acceptors (Lipinski definition) is 2. The lowest BCUT2D eigenvalue weighted by molar-refractivity contribution is 0.0404. The fraction of sp³-hybridized carbons (Fsp3) is 0.0526. The molecule has 0 unspecified atom stereocenters. The smallest absolute Gasteiger partial charge is 0.530 e. The number of hydrogen-bond donors (Lipinski definition) is 1. The summed E-state index contributed by atoms with van der Waals surface area (Å²) in [6, 6.07) is 0.462. The highest BCUT2D eigenvalue weighted by atomic mass is 19.3. The molecule has 178 valence electrons. The van der Waals surface area contributed by atoms with Gasteiger partial charge in [-0.1, -0.05) is 0 Å². The fourth-order valence-electron chi connectivity index (χ4n) is 3.51. The van der Waals surface area contributed by atoms with Gasteiger partial charge in [-0.15, -0.1) is 0 Å². The minimum atomic E-state index is -5.16. The maximum atomic E-state index is 15.0. The van der Waals surface area contributed by atoms with Crippen molar-refractivity contribution in [2.24, 2.45) is 0 Å². The summed E-state index contributed by atoms with van der Waals surface area (Å²) in [4.78, 5) is 0. The summed E-state index contributed by atoms with van der Waals surface area (Å²) < 4.78 is 174. The highest BCUT2D eigenvalue weighted by Crippen LogP contribution is 2.58. The summed E-state index contributed by atoms with van der Waals surface area (Å²) in [5.41, 5.74) is -10.4. The molecule has 3 aromatic carbocycles. The molecule has 0 amide bonds. The molecule has 0 saturated heterocycles. The summed E-state index contributed by atoms with van der Waals surface area (Å²) in [5, 5.41) is 9.90. The van der Waals surface area contributed by atoms with E-state index in [1.54, 1.807) is 0 Å². The van der Waals surface area contributed by atoms with Crippen molar-refractivity contribution in [2.45, 2.75) is 5.92 Å². The van der Waals surface area contributed by atoms with Crippen molar-refractivity contribution in [2.75, 3.05) is 0 Å². The van der Waals surface area contributed by atoms with Gasteiger partial charge in [-0.05, 0) is 12.1 Å². The average molecular weight is 502 g/mol. The van der Waals surface area contributed by atoms with E-state index in [0.717, 1.165) is 0 Å². The summed E-state index contributed by atoms with van der Waals surface area (Å²) in [5.74, 6) is -31.9. The van der Waals surface area contributed by atoms with Crippen LogP contribution < -0.4 is 10.1 Å². The fourth-order valence-corrected chi connectivity index (χ4v) is 3.51. The van der Waals surface area contributed by atoms with Gasteiger partial charge in [-0.3, -0.25) is 0 Å². The van der Waals surface area contributed by atoms with Crippen LogP contribution in [0.2, 0.25) is 0 Å². The predicted octanol–water partition coefficient (Wildman–Crippen LogP) is 4.96. The van der Waals surface area contributed by atoms with Crippen LogP contribution in [0.3, 0.4) is 0 Å². The second-order valence-electron chi connectivity index (χ2n) is 6.83. The molecule has 1 aliphatic rings. The monoisotopic (exact) mass is 502 g/mol. The number of benzene rings is 3. The molecule has 0 spiro atoms. The zero-order valence-electron chi connectivity index (χ0n) is 15.6. The minimum absolute atomic E-state index is 0.229. The van der Waals surface area contributed by atoms with Gasteiger partial charge in [-0.25, -0.2) is 39.5 Å². The molecule has 0 fully saturated rings. The van der Waals surface area contributed by atoms with E-state index in [1.807, 2.05) is 0 Å². The first-order chi connectivity index (χ1) is 15.7. The van der Waals surface area contributed by atoms with Gasteiger partial charge in [0.2, 0.25) is 5.82 Å². The third-order valence-electron chi connectivity index (χ3n) is 4.98. The first kappa shape index (κ1) is 23.8. The van der Waals surface area contributed by atoms with E-state index >= 15 is 0 Å². The van der Waals surface area contributed by atoms with Gasteiger partial charge in [-0.2, -0.15) is 13.2 Å². The van der Waals surface area contributed by atoms with Crippen molar-refractivity contribution in [1.29, 1.82) is 0 Å². The molecule has 1 aliphatic carbocycles. The highest BCUT2D eigenvalue weighted by molar-refractivity contribution is 6.60. The van der Waals surface area contributed by atoms with Crippen LogP contribution in [0.5, 0.6) is 5.75 Å². The lowest BCUT2D eigenvalue weighted by atomic mass is 9.78. The van der Waals surface area contributed by atoms with E-state index in [2.05, 4.69) is 4.65 Å². The Morgan fingerprint density at radius 3 is 1.65 bits per heavy atom. The molecule has 0 aliphatic heterocycles. The Hall–Kier alpha value is -3.36. The molecule has 0 heterocycles. The topological polar surface area (TPSA) is 29.5 Å². The molecule has 15 heteroatoms. The molecule has 34 heavy (non-hydrogen) atoms. The van der Waals surface area contributed by atoms with Gasteiger partial charge in [0, 0.05) is 11.1 Å². The van der Waals surface area contributed by atoms with Crippen LogP contribution in [-0.4, -0.2) is 12.1 Å². The van der Waals surface area contributed by atoms with Crippen LogP contribution in [0.1, 0.15) is 11.1 Å². The second-order valence-corrected chi connectivity index (χ2v) is 6.83. The molecule has 0 atom stereocenters. The SMILES string of the molecule is OB(Oc1c(F)c(F)c(F)c2c1C(F)(F)c1c(F)c(F)c(F)c(F)c1-2)c1c(F)ccc(F)c1F. The molecular formula is C19H3BF12O2. The van der Waals surface area contributed by atoms with Crippen LogP contribution in [0.25, 0.3) is 11.1 Å². The summed E-state index contributed by atoms with van der Waals surface area (Å²) in [6.45, 7) is 0. The quantitative estimate of drug-likeness (QED) is 0.238. The zero-order valence-corrected chi connectivity index (χ0v) is 15.6. The van der Waals surface area contributed by atoms with E-state index in [9.17, 15) is 57.7 Å². The van der Waals surface area contributed by atoms with Gasteiger partial charge in [0.05, 0.1) is 16.6 Å². The minimum Gasteiger partial charge on any atom is -0.530 e. The maximum Gasteiger partial charge on any atom is 0.566 e. The third-order valence-corrected chi connectivity index (χ3v) is 4.98. The molecule has 1 N–H and O–H groups in total. The van der Waals surface area contributed by atoms with E-state index in [1.165, 1.54) is 0 Å². The molecule has 0 saturated carbocycles. The van der Waals surface area contributed by atoms with Gasteiger partial charge >= 0.3 is 13.0 Å². The van der Waals surface area contributed by atoms with Crippen LogP contribution in [-0.2, 0) is 5.92 Å². The Bertz CT molecular complexity index is 1390. The summed E-state index contributed by atoms with van der Waals surface area (Å²) >= 11 is 0. The van der Waals surface area contributed by atoms with Crippen molar-refractivity contribution in [3.8, 4) is 16.9 Å². The van der Waals surface area contributed by atoms with E-state index in [0.29, 0.717) is 0 Å². The lowest BCUT2D eigenvalue weighted by Gasteiger charge is -2.20. The van der Waals surface area contributed by atoms with E-state index in [-0.39, 0.29) is 12.1 Å². The standard InChI is InChI=1S/C19H3BF12O2/c21-3-1-2-4(22)10(23)9(3)20(33)34-18-8-6(12(25)15(28)17(18)30)5-7(19(8,31)32)13(26)16(29)14(27)11(5)24/h1-2,33H. The summed E-state index contributed by atoms with van der Waals surface area (Å²) in [6.07, 6.45) is 0. The average Bonchev–Trinajstić information content (AvgIpc) is 3.02. The summed E-state index contributed by atoms with van der Waals surface area (Å²) in [7, 11) is -3.21. The van der Waals surface area contributed by atoms with E-state index in [4.69, 9.17) is 0 Å². The maximum absolute atomic E-state index is 15.0. The Morgan fingerprint density at radius 2 is 1.06 bits per heavy atom. The van der Waals surface area contributed by atoms with Gasteiger partial charge in [0.25, 0.3) is 0 Å². The van der Waals surface area contributed by atoms with Crippen LogP contribution in [0.4, 0.5) is 52.7 Å². The van der Waals surface area contributed by atoms with Crippen molar-refractivity contribution in [3.63, 3.8) is 0 Å². The Labute approximate surface area is 180 Å². The highest BCUT2D eigenvalue weighted by Gasteiger charge is 2.55. The second kappa shape index (κ2) is 7.58. The van der Waals surface area contributed by atoms with Crippen LogP contribution >= 0.6 is 0 Å². The molecule has 3 aromatic rings. The lowest BCUT2D eigenvalue weighted by Crippen LogP contribution is -2.42. The van der Waals surface area contributed by atoms with Gasteiger partial charge in [0.15, 0.2) is 52.3 Å². The van der Waals surface area contributed by atoms with Crippen molar-refractivity contribution in [1.82, 2.24) is 0 Å².